The van der Waals surface area contributed by atoms with Gasteiger partial charge in [0.2, 0.25) is 5.91 Å². The molecule has 1 aromatic rings. The van der Waals surface area contributed by atoms with Crippen LogP contribution in [0.15, 0.2) is 12.7 Å². The molecular weight excluding hydrogens is 212 g/mol. The number of fused-ring (bicyclic) bond motifs is 1. The molecule has 0 aliphatic heterocycles. The van der Waals surface area contributed by atoms with Crippen molar-refractivity contribution < 1.29 is 4.79 Å². The minimum atomic E-state index is -0.241. The van der Waals surface area contributed by atoms with Crippen LogP contribution in [-0.4, -0.2) is 10.9 Å². The van der Waals surface area contributed by atoms with Gasteiger partial charge in [0.25, 0.3) is 0 Å². The van der Waals surface area contributed by atoms with Crippen molar-refractivity contribution in [3.63, 3.8) is 0 Å². The van der Waals surface area contributed by atoms with Gasteiger partial charge >= 0.3 is 0 Å². The van der Waals surface area contributed by atoms with Crippen molar-refractivity contribution in [2.24, 2.45) is 5.73 Å². The van der Waals surface area contributed by atoms with E-state index in [-0.39, 0.29) is 11.8 Å². The number of nitrogens with two attached hydrogens (primary N) is 1. The lowest BCUT2D eigenvalue weighted by Crippen LogP contribution is -2.25. The summed E-state index contributed by atoms with van der Waals surface area (Å²) >= 11 is 0. The summed E-state index contributed by atoms with van der Waals surface area (Å²) in [6.07, 6.45) is 8.68. The lowest BCUT2D eigenvalue weighted by molar-refractivity contribution is -0.119. The van der Waals surface area contributed by atoms with Crippen LogP contribution in [0.1, 0.15) is 48.2 Å². The van der Waals surface area contributed by atoms with Gasteiger partial charge in [-0.25, -0.2) is 0 Å². The molecular formula is C14H18N2O. The average Bonchev–Trinajstić information content (AvgIpc) is 2.66. The van der Waals surface area contributed by atoms with Crippen LogP contribution in [0, 0.1) is 0 Å². The maximum Gasteiger partial charge on any atom is 0.226 e. The van der Waals surface area contributed by atoms with Crippen LogP contribution >= 0.6 is 0 Å². The predicted octanol–water partition coefficient (Wildman–Crippen LogP) is 2.60. The van der Waals surface area contributed by atoms with Gasteiger partial charge in [0.05, 0.1) is 5.92 Å². The van der Waals surface area contributed by atoms with E-state index < -0.39 is 0 Å². The Balaban J connectivity index is 2.56. The highest BCUT2D eigenvalue weighted by Gasteiger charge is 2.28. The Morgan fingerprint density at radius 3 is 2.94 bits per heavy atom. The molecule has 3 nitrogen and oxygen atoms in total. The fraction of sp³-hybridized carbons (Fsp3) is 0.357. The molecule has 0 radical (unpaired) electrons. The molecule has 1 aromatic heterocycles. The van der Waals surface area contributed by atoms with Gasteiger partial charge in [-0.2, -0.15) is 0 Å². The summed E-state index contributed by atoms with van der Waals surface area (Å²) in [6, 6.07) is 0. The molecule has 17 heavy (non-hydrogen) atoms. The summed E-state index contributed by atoms with van der Waals surface area (Å²) in [5, 5.41) is 0. The first kappa shape index (κ1) is 11.7. The van der Waals surface area contributed by atoms with Gasteiger partial charge in [-0.1, -0.05) is 18.7 Å². The molecule has 90 valence electrons. The second-order valence-corrected chi connectivity index (χ2v) is 4.40. The number of hydrogen-bond donors (Lipinski definition) is 2. The Kier molecular flexibility index (Phi) is 3.18. The summed E-state index contributed by atoms with van der Waals surface area (Å²) < 4.78 is 0. The second-order valence-electron chi connectivity index (χ2n) is 4.40. The number of nitrogens with one attached hydrogen (secondary N) is 1. The van der Waals surface area contributed by atoms with Crippen molar-refractivity contribution in [3.05, 3.63) is 35.2 Å². The molecule has 0 bridgehead atoms. The summed E-state index contributed by atoms with van der Waals surface area (Å²) in [5.74, 6) is -0.411. The van der Waals surface area contributed by atoms with Crippen LogP contribution in [0.3, 0.4) is 0 Å². The number of hydrogen-bond acceptors (Lipinski definition) is 1. The molecule has 1 atom stereocenters. The van der Waals surface area contributed by atoms with Gasteiger partial charge in [0.15, 0.2) is 0 Å². The van der Waals surface area contributed by atoms with E-state index in [0.717, 1.165) is 36.2 Å². The van der Waals surface area contributed by atoms with Crippen molar-refractivity contribution in [2.45, 2.75) is 32.1 Å². The van der Waals surface area contributed by atoms with E-state index in [0.29, 0.717) is 0 Å². The number of primary amides is 1. The molecule has 0 aromatic carbocycles. The number of aromatic nitrogens is 1. The fourth-order valence-electron chi connectivity index (χ4n) is 2.61. The van der Waals surface area contributed by atoms with Crippen molar-refractivity contribution in [1.82, 2.24) is 4.98 Å². The minimum Gasteiger partial charge on any atom is -0.369 e. The summed E-state index contributed by atoms with van der Waals surface area (Å²) in [4.78, 5) is 14.8. The molecule has 3 heteroatoms. The number of amides is 1. The van der Waals surface area contributed by atoms with Crippen molar-refractivity contribution in [1.29, 1.82) is 0 Å². The van der Waals surface area contributed by atoms with E-state index in [1.54, 1.807) is 0 Å². The quantitative estimate of drug-likeness (QED) is 0.823. The lowest BCUT2D eigenvalue weighted by atomic mass is 9.86. The summed E-state index contributed by atoms with van der Waals surface area (Å²) in [7, 11) is 0. The lowest BCUT2D eigenvalue weighted by Gasteiger charge is -2.19. The third kappa shape index (κ3) is 1.93. The van der Waals surface area contributed by atoms with Gasteiger partial charge < -0.3 is 10.7 Å². The highest BCUT2D eigenvalue weighted by Crippen LogP contribution is 2.35. The fourth-order valence-corrected chi connectivity index (χ4v) is 2.61. The Morgan fingerprint density at radius 1 is 1.59 bits per heavy atom. The van der Waals surface area contributed by atoms with Gasteiger partial charge in [0.1, 0.15) is 0 Å². The predicted molar refractivity (Wildman–Crippen MR) is 70.5 cm³/mol. The number of carbonyl (C=O) groups excluding carboxylic acids is 1. The number of carbonyl (C=O) groups is 1. The molecule has 2 rings (SSSR count). The zero-order valence-corrected chi connectivity index (χ0v) is 10.1. The Bertz CT molecular complexity index is 483. The Morgan fingerprint density at radius 2 is 2.35 bits per heavy atom. The Labute approximate surface area is 101 Å². The summed E-state index contributed by atoms with van der Waals surface area (Å²) in [6.45, 7) is 5.82. The van der Waals surface area contributed by atoms with E-state index in [1.807, 2.05) is 25.2 Å². The first-order chi connectivity index (χ1) is 8.19. The summed E-state index contributed by atoms with van der Waals surface area (Å²) in [5.41, 5.74) is 9.80. The van der Waals surface area contributed by atoms with E-state index in [2.05, 4.69) is 11.6 Å². The van der Waals surface area contributed by atoms with E-state index >= 15 is 0 Å². The maximum absolute atomic E-state index is 11.4. The topological polar surface area (TPSA) is 58.9 Å². The van der Waals surface area contributed by atoms with Crippen LogP contribution < -0.4 is 5.73 Å². The number of H-pyrrole nitrogens is 1. The Hall–Kier alpha value is -1.77. The first-order valence-electron chi connectivity index (χ1n) is 5.98. The second kappa shape index (κ2) is 4.62. The molecule has 1 aliphatic carbocycles. The normalized spacial score (nSPS) is 19.2. The van der Waals surface area contributed by atoms with E-state index in [4.69, 9.17) is 5.73 Å². The van der Waals surface area contributed by atoms with Gasteiger partial charge in [0, 0.05) is 17.0 Å². The molecule has 0 fully saturated rings. The van der Waals surface area contributed by atoms with Gasteiger partial charge in [-0.15, -0.1) is 0 Å². The van der Waals surface area contributed by atoms with Crippen LogP contribution in [0.5, 0.6) is 0 Å². The van der Waals surface area contributed by atoms with Crippen LogP contribution in [-0.2, 0) is 11.2 Å². The molecule has 0 saturated heterocycles. The number of allylic oxidation sites excluding steroid dienone is 1. The zero-order chi connectivity index (χ0) is 12.4. The van der Waals surface area contributed by atoms with Crippen LogP contribution in [0.25, 0.3) is 12.2 Å². The van der Waals surface area contributed by atoms with E-state index in [9.17, 15) is 4.79 Å². The number of rotatable bonds is 3. The smallest absolute Gasteiger partial charge is 0.226 e. The highest BCUT2D eigenvalue weighted by molar-refractivity contribution is 5.83. The monoisotopic (exact) mass is 230 g/mol. The van der Waals surface area contributed by atoms with Crippen LogP contribution in [0.2, 0.25) is 0 Å². The SMILES string of the molecule is C=Cc1c(/C=C\C)[nH]c2c1CCCC2C(N)=O. The highest BCUT2D eigenvalue weighted by atomic mass is 16.1. The number of aromatic amines is 1. The third-order valence-electron chi connectivity index (χ3n) is 3.36. The minimum absolute atomic E-state index is 0.170. The molecule has 1 amide bonds. The van der Waals surface area contributed by atoms with Gasteiger partial charge in [-0.3, -0.25) is 4.79 Å². The van der Waals surface area contributed by atoms with Crippen molar-refractivity contribution in [3.8, 4) is 0 Å². The maximum atomic E-state index is 11.4. The average molecular weight is 230 g/mol. The van der Waals surface area contributed by atoms with Gasteiger partial charge in [-0.05, 0) is 37.8 Å². The molecule has 3 N–H and O–H groups in total. The third-order valence-corrected chi connectivity index (χ3v) is 3.36. The van der Waals surface area contributed by atoms with Crippen molar-refractivity contribution >= 4 is 18.1 Å². The van der Waals surface area contributed by atoms with Crippen LogP contribution in [0.4, 0.5) is 0 Å². The zero-order valence-electron chi connectivity index (χ0n) is 10.1. The first-order valence-corrected chi connectivity index (χ1v) is 5.98. The largest absolute Gasteiger partial charge is 0.369 e. The standard InChI is InChI=1S/C14H18N2O/c1-3-6-12-9(4-2)10-7-5-8-11(14(15)17)13(10)16-12/h3-4,6,11,16H,2,5,7-8H2,1H3,(H2,15,17)/b6-3-. The van der Waals surface area contributed by atoms with E-state index in [1.165, 1.54) is 5.56 Å². The molecule has 0 spiro atoms. The molecule has 1 unspecified atom stereocenters. The molecule has 0 saturated carbocycles. The van der Waals surface area contributed by atoms with Crippen molar-refractivity contribution in [2.75, 3.05) is 0 Å². The molecule has 1 heterocycles. The molecule has 1 aliphatic rings.